The number of rotatable bonds is 6. The fraction of sp³-hybridized carbons (Fsp3) is 0.818. The van der Waals surface area contributed by atoms with Crippen molar-refractivity contribution in [1.29, 1.82) is 0 Å². The summed E-state index contributed by atoms with van der Waals surface area (Å²) in [5.74, 6) is -0.512. The molecule has 0 aromatic heterocycles. The zero-order chi connectivity index (χ0) is 12.7. The number of ether oxygens (including phenoxy) is 1. The van der Waals surface area contributed by atoms with E-state index in [0.717, 1.165) is 6.42 Å². The highest BCUT2D eigenvalue weighted by molar-refractivity contribution is 5.82. The molecule has 1 unspecified atom stereocenters. The Bertz CT molecular complexity index is 241. The summed E-state index contributed by atoms with van der Waals surface area (Å²) in [6, 6.07) is -0.179. The van der Waals surface area contributed by atoms with E-state index in [9.17, 15) is 9.59 Å². The molecule has 5 nitrogen and oxygen atoms in total. The van der Waals surface area contributed by atoms with Gasteiger partial charge in [-0.3, -0.25) is 9.59 Å². The topological polar surface area (TPSA) is 72.6 Å². The first kappa shape index (κ1) is 14.9. The monoisotopic (exact) mass is 230 g/mol. The summed E-state index contributed by atoms with van der Waals surface area (Å²) in [5.41, 5.74) is 5.71. The zero-order valence-electron chi connectivity index (χ0n) is 10.5. The molecule has 0 aromatic carbocycles. The highest BCUT2D eigenvalue weighted by atomic mass is 16.5. The second-order valence-electron chi connectivity index (χ2n) is 4.06. The van der Waals surface area contributed by atoms with Gasteiger partial charge in [-0.1, -0.05) is 6.92 Å². The van der Waals surface area contributed by atoms with Crippen LogP contribution < -0.4 is 5.73 Å². The van der Waals surface area contributed by atoms with E-state index in [1.807, 2.05) is 20.8 Å². The van der Waals surface area contributed by atoms with Crippen molar-refractivity contribution >= 4 is 11.9 Å². The summed E-state index contributed by atoms with van der Waals surface area (Å²) < 4.78 is 4.55. The van der Waals surface area contributed by atoms with E-state index in [4.69, 9.17) is 5.73 Å². The minimum Gasteiger partial charge on any atom is -0.468 e. The van der Waals surface area contributed by atoms with Crippen LogP contribution >= 0.6 is 0 Å². The minimum atomic E-state index is -0.410. The Kier molecular flexibility index (Phi) is 6.72. The minimum absolute atomic E-state index is 0.0105. The first-order valence-corrected chi connectivity index (χ1v) is 5.54. The average molecular weight is 230 g/mol. The van der Waals surface area contributed by atoms with Crippen molar-refractivity contribution < 1.29 is 14.3 Å². The SMILES string of the molecule is CCC(N)CC(=O)N(CC(=O)OC)C(C)C. The fourth-order valence-corrected chi connectivity index (χ4v) is 1.25. The third-order valence-electron chi connectivity index (χ3n) is 2.43. The molecule has 0 spiro atoms. The number of nitrogens with two attached hydrogens (primary N) is 1. The lowest BCUT2D eigenvalue weighted by Crippen LogP contribution is -2.43. The second-order valence-corrected chi connectivity index (χ2v) is 4.06. The number of carbonyl (C=O) groups is 2. The average Bonchev–Trinajstić information content (AvgIpc) is 2.24. The van der Waals surface area contributed by atoms with Crippen molar-refractivity contribution in [3.8, 4) is 0 Å². The van der Waals surface area contributed by atoms with Crippen LogP contribution in [0, 0.1) is 0 Å². The quantitative estimate of drug-likeness (QED) is 0.675. The molecule has 16 heavy (non-hydrogen) atoms. The van der Waals surface area contributed by atoms with Crippen LogP contribution in [0.5, 0.6) is 0 Å². The van der Waals surface area contributed by atoms with Gasteiger partial charge in [0.15, 0.2) is 0 Å². The van der Waals surface area contributed by atoms with Crippen molar-refractivity contribution in [1.82, 2.24) is 4.90 Å². The predicted molar refractivity (Wildman–Crippen MR) is 61.7 cm³/mol. The largest absolute Gasteiger partial charge is 0.468 e. The van der Waals surface area contributed by atoms with Gasteiger partial charge in [-0.2, -0.15) is 0 Å². The molecular formula is C11H22N2O3. The van der Waals surface area contributed by atoms with Crippen molar-refractivity contribution in [3.05, 3.63) is 0 Å². The maximum atomic E-state index is 11.8. The van der Waals surface area contributed by atoms with Crippen LogP contribution in [-0.4, -0.2) is 42.5 Å². The molecule has 0 radical (unpaired) electrons. The molecule has 0 aliphatic heterocycles. The Morgan fingerprint density at radius 3 is 2.31 bits per heavy atom. The summed E-state index contributed by atoms with van der Waals surface area (Å²) in [6.45, 7) is 5.64. The van der Waals surface area contributed by atoms with Crippen LogP contribution in [0.3, 0.4) is 0 Å². The first-order valence-electron chi connectivity index (χ1n) is 5.54. The van der Waals surface area contributed by atoms with Gasteiger partial charge in [-0.25, -0.2) is 0 Å². The molecule has 2 N–H and O–H groups in total. The number of amides is 1. The molecule has 0 rings (SSSR count). The molecule has 1 amide bonds. The Hall–Kier alpha value is -1.10. The predicted octanol–water partition coefficient (Wildman–Crippen LogP) is 0.524. The standard InChI is InChI=1S/C11H22N2O3/c1-5-9(12)6-10(14)13(8(2)3)7-11(15)16-4/h8-9H,5-7,12H2,1-4H3. The zero-order valence-corrected chi connectivity index (χ0v) is 10.5. The van der Waals surface area contributed by atoms with E-state index in [2.05, 4.69) is 4.74 Å². The molecule has 5 heteroatoms. The van der Waals surface area contributed by atoms with E-state index in [1.54, 1.807) is 0 Å². The molecule has 0 heterocycles. The third-order valence-corrected chi connectivity index (χ3v) is 2.43. The summed E-state index contributed by atoms with van der Waals surface area (Å²) in [6.07, 6.45) is 1.02. The lowest BCUT2D eigenvalue weighted by molar-refractivity contribution is -0.148. The molecule has 0 aliphatic carbocycles. The van der Waals surface area contributed by atoms with Crippen LogP contribution in [0.25, 0.3) is 0 Å². The maximum absolute atomic E-state index is 11.8. The summed E-state index contributed by atoms with van der Waals surface area (Å²) in [7, 11) is 1.31. The van der Waals surface area contributed by atoms with E-state index < -0.39 is 5.97 Å². The van der Waals surface area contributed by atoms with Crippen molar-refractivity contribution in [3.63, 3.8) is 0 Å². The molecule has 0 aromatic rings. The molecule has 1 atom stereocenters. The third kappa shape index (κ3) is 5.11. The van der Waals surface area contributed by atoms with Gasteiger partial charge >= 0.3 is 5.97 Å². The molecule has 0 bridgehead atoms. The number of carbonyl (C=O) groups excluding carboxylic acids is 2. The van der Waals surface area contributed by atoms with Gasteiger partial charge in [0.2, 0.25) is 5.91 Å². The van der Waals surface area contributed by atoms with Gasteiger partial charge in [-0.15, -0.1) is 0 Å². The highest BCUT2D eigenvalue weighted by Gasteiger charge is 2.21. The van der Waals surface area contributed by atoms with Crippen LogP contribution in [0.4, 0.5) is 0 Å². The smallest absolute Gasteiger partial charge is 0.325 e. The first-order chi connectivity index (χ1) is 7.42. The maximum Gasteiger partial charge on any atom is 0.325 e. The van der Waals surface area contributed by atoms with Gasteiger partial charge < -0.3 is 15.4 Å². The van der Waals surface area contributed by atoms with Crippen molar-refractivity contribution in [2.45, 2.75) is 45.7 Å². The van der Waals surface area contributed by atoms with Gasteiger partial charge in [0.1, 0.15) is 6.54 Å². The highest BCUT2D eigenvalue weighted by Crippen LogP contribution is 2.05. The lowest BCUT2D eigenvalue weighted by Gasteiger charge is -2.26. The molecule has 0 fully saturated rings. The van der Waals surface area contributed by atoms with Gasteiger partial charge in [-0.05, 0) is 20.3 Å². The van der Waals surface area contributed by atoms with E-state index in [0.29, 0.717) is 0 Å². The summed E-state index contributed by atoms with van der Waals surface area (Å²) in [4.78, 5) is 24.5. The fourth-order valence-electron chi connectivity index (χ4n) is 1.25. The molecule has 94 valence electrons. The van der Waals surface area contributed by atoms with Crippen LogP contribution in [0.15, 0.2) is 0 Å². The Morgan fingerprint density at radius 2 is 1.94 bits per heavy atom. The second kappa shape index (κ2) is 7.22. The number of esters is 1. The van der Waals surface area contributed by atoms with E-state index in [-0.39, 0.29) is 31.0 Å². The Morgan fingerprint density at radius 1 is 1.38 bits per heavy atom. The Balaban J connectivity index is 4.41. The molecular weight excluding hydrogens is 208 g/mol. The van der Waals surface area contributed by atoms with Crippen molar-refractivity contribution in [2.75, 3.05) is 13.7 Å². The van der Waals surface area contributed by atoms with Crippen LogP contribution in [0.2, 0.25) is 0 Å². The van der Waals surface area contributed by atoms with E-state index >= 15 is 0 Å². The van der Waals surface area contributed by atoms with Gasteiger partial charge in [0.25, 0.3) is 0 Å². The summed E-state index contributed by atoms with van der Waals surface area (Å²) in [5, 5.41) is 0. The summed E-state index contributed by atoms with van der Waals surface area (Å²) >= 11 is 0. The number of methoxy groups -OCH3 is 1. The van der Waals surface area contributed by atoms with Crippen LogP contribution in [-0.2, 0) is 14.3 Å². The normalized spacial score (nSPS) is 12.4. The number of nitrogens with zero attached hydrogens (tertiary/aromatic N) is 1. The van der Waals surface area contributed by atoms with E-state index in [1.165, 1.54) is 12.0 Å². The number of hydrogen-bond donors (Lipinski definition) is 1. The Labute approximate surface area is 96.9 Å². The van der Waals surface area contributed by atoms with Gasteiger partial charge in [0.05, 0.1) is 7.11 Å². The number of hydrogen-bond acceptors (Lipinski definition) is 4. The van der Waals surface area contributed by atoms with Crippen molar-refractivity contribution in [2.24, 2.45) is 5.73 Å². The molecule has 0 saturated carbocycles. The lowest BCUT2D eigenvalue weighted by atomic mass is 10.1. The molecule has 0 aliphatic rings. The molecule has 0 saturated heterocycles. The van der Waals surface area contributed by atoms with Gasteiger partial charge in [0, 0.05) is 18.5 Å². The van der Waals surface area contributed by atoms with Crippen LogP contribution in [0.1, 0.15) is 33.6 Å².